The van der Waals surface area contributed by atoms with Gasteiger partial charge in [0.15, 0.2) is 0 Å². The highest BCUT2D eigenvalue weighted by atomic mass is 16.4. The third-order valence-electron chi connectivity index (χ3n) is 6.62. The Morgan fingerprint density at radius 3 is 2.11 bits per heavy atom. The van der Waals surface area contributed by atoms with Crippen LogP contribution >= 0.6 is 0 Å². The fourth-order valence-corrected chi connectivity index (χ4v) is 4.26. The van der Waals surface area contributed by atoms with Crippen LogP contribution in [0.4, 0.5) is 0 Å². The predicted octanol–water partition coefficient (Wildman–Crippen LogP) is 2.60. The molecule has 9 heteroatoms. The molecule has 0 unspecified atom stereocenters. The van der Waals surface area contributed by atoms with E-state index < -0.39 is 53.9 Å². The summed E-state index contributed by atoms with van der Waals surface area (Å²) >= 11 is 0. The van der Waals surface area contributed by atoms with Crippen molar-refractivity contribution in [2.45, 2.75) is 90.5 Å². The van der Waals surface area contributed by atoms with Crippen LogP contribution in [0, 0.1) is 17.8 Å². The number of aliphatic carboxylic acids is 1. The van der Waals surface area contributed by atoms with E-state index in [0.717, 1.165) is 5.56 Å². The molecule has 1 aromatic carbocycles. The molecule has 0 aliphatic rings. The molecule has 0 fully saturated rings. The first-order valence-electron chi connectivity index (χ1n) is 13.4. The molecule has 0 spiro atoms. The highest BCUT2D eigenvalue weighted by Gasteiger charge is 2.36. The summed E-state index contributed by atoms with van der Waals surface area (Å²) in [6.45, 7) is 9.02. The lowest BCUT2D eigenvalue weighted by Crippen LogP contribution is -2.56. The molecule has 9 nitrogen and oxygen atoms in total. The van der Waals surface area contributed by atoms with Crippen LogP contribution in [0.2, 0.25) is 0 Å². The summed E-state index contributed by atoms with van der Waals surface area (Å²) in [5.41, 5.74) is 0.826. The highest BCUT2D eigenvalue weighted by molar-refractivity contribution is 5.93. The predicted molar refractivity (Wildman–Crippen MR) is 146 cm³/mol. The van der Waals surface area contributed by atoms with Gasteiger partial charge < -0.3 is 31.1 Å². The first-order valence-corrected chi connectivity index (χ1v) is 13.4. The quantitative estimate of drug-likeness (QED) is 0.168. The van der Waals surface area contributed by atoms with Crippen molar-refractivity contribution in [2.75, 3.05) is 6.61 Å². The standard InChI is InChI=1S/C29H46N2O7/c1-18(2)16-24(27(35)23(29(37)38)15-14-20(4)33)30-28(36)26(21(5)22-11-7-6-8-12-22)31-25(34)13-9-10-19(3)17-32/h6-9,11-13,18-21,23-24,26-27,32-33,35H,10,14-17H2,1-5H3,(H,30,36)(H,31,34)(H,37,38)/b13-9+/t19-,20-,21+,23+,24-,26+,27+/m1/s1. The zero-order valence-electron chi connectivity index (χ0n) is 23.2. The second kappa shape index (κ2) is 17.0. The molecule has 1 aromatic rings. The van der Waals surface area contributed by atoms with E-state index in [9.17, 15) is 34.8 Å². The Kier molecular flexibility index (Phi) is 14.9. The maximum absolute atomic E-state index is 13.6. The number of carboxylic acids is 1. The van der Waals surface area contributed by atoms with E-state index in [2.05, 4.69) is 10.6 Å². The Labute approximate surface area is 226 Å². The summed E-state index contributed by atoms with van der Waals surface area (Å²) in [6.07, 6.45) is 1.94. The van der Waals surface area contributed by atoms with Crippen molar-refractivity contribution >= 4 is 17.8 Å². The molecule has 0 saturated carbocycles. The molecular weight excluding hydrogens is 488 g/mol. The summed E-state index contributed by atoms with van der Waals surface area (Å²) in [4.78, 5) is 38.2. The molecule has 0 radical (unpaired) electrons. The van der Waals surface area contributed by atoms with Gasteiger partial charge in [0.2, 0.25) is 11.8 Å². The number of aliphatic hydroxyl groups excluding tert-OH is 3. The lowest BCUT2D eigenvalue weighted by Gasteiger charge is -2.32. The second-order valence-electron chi connectivity index (χ2n) is 10.7. The lowest BCUT2D eigenvalue weighted by atomic mass is 9.86. The molecule has 0 aliphatic carbocycles. The number of carbonyl (C=O) groups excluding carboxylic acids is 2. The van der Waals surface area contributed by atoms with Gasteiger partial charge in [0.1, 0.15) is 6.04 Å². The number of carbonyl (C=O) groups is 3. The molecule has 38 heavy (non-hydrogen) atoms. The van der Waals surface area contributed by atoms with Crippen molar-refractivity contribution in [3.63, 3.8) is 0 Å². The molecule has 2 amide bonds. The fourth-order valence-electron chi connectivity index (χ4n) is 4.26. The minimum atomic E-state index is -1.39. The summed E-state index contributed by atoms with van der Waals surface area (Å²) < 4.78 is 0. The van der Waals surface area contributed by atoms with Gasteiger partial charge in [-0.25, -0.2) is 0 Å². The van der Waals surface area contributed by atoms with Gasteiger partial charge in [-0.05, 0) is 56.1 Å². The van der Waals surface area contributed by atoms with E-state index in [4.69, 9.17) is 0 Å². The third kappa shape index (κ3) is 11.8. The van der Waals surface area contributed by atoms with Gasteiger partial charge >= 0.3 is 5.97 Å². The zero-order chi connectivity index (χ0) is 28.8. The molecule has 0 saturated heterocycles. The smallest absolute Gasteiger partial charge is 0.309 e. The number of benzene rings is 1. The fraction of sp³-hybridized carbons (Fsp3) is 0.621. The molecule has 0 aromatic heterocycles. The van der Waals surface area contributed by atoms with Crippen molar-refractivity contribution in [3.05, 3.63) is 48.0 Å². The van der Waals surface area contributed by atoms with E-state index in [1.54, 1.807) is 13.0 Å². The molecular formula is C29H46N2O7. The number of amides is 2. The Morgan fingerprint density at radius 2 is 1.58 bits per heavy atom. The normalized spacial score (nSPS) is 17.3. The summed E-state index contributed by atoms with van der Waals surface area (Å²) in [6, 6.07) is 7.37. The molecule has 0 bridgehead atoms. The first kappa shape index (κ1) is 33.3. The third-order valence-corrected chi connectivity index (χ3v) is 6.62. The minimum Gasteiger partial charge on any atom is -0.481 e. The van der Waals surface area contributed by atoms with Crippen molar-refractivity contribution in [1.29, 1.82) is 0 Å². The number of aliphatic hydroxyl groups is 3. The van der Waals surface area contributed by atoms with Crippen LogP contribution < -0.4 is 10.6 Å². The molecule has 7 atom stereocenters. The number of hydrogen-bond acceptors (Lipinski definition) is 6. The summed E-state index contributed by atoms with van der Waals surface area (Å²) in [5.74, 6) is -3.77. The van der Waals surface area contributed by atoms with Gasteiger partial charge in [-0.3, -0.25) is 14.4 Å². The van der Waals surface area contributed by atoms with Gasteiger partial charge in [-0.1, -0.05) is 64.1 Å². The zero-order valence-corrected chi connectivity index (χ0v) is 23.2. The molecule has 6 N–H and O–H groups in total. The van der Waals surface area contributed by atoms with Crippen LogP contribution in [0.3, 0.4) is 0 Å². The molecule has 0 heterocycles. The van der Waals surface area contributed by atoms with E-state index in [-0.39, 0.29) is 31.3 Å². The van der Waals surface area contributed by atoms with Crippen LogP contribution in [-0.2, 0) is 14.4 Å². The summed E-state index contributed by atoms with van der Waals surface area (Å²) in [5, 5.41) is 45.2. The molecule has 214 valence electrons. The Hall–Kier alpha value is -2.75. The van der Waals surface area contributed by atoms with Crippen LogP contribution in [0.15, 0.2) is 42.5 Å². The van der Waals surface area contributed by atoms with Crippen LogP contribution in [0.5, 0.6) is 0 Å². The lowest BCUT2D eigenvalue weighted by molar-refractivity contribution is -0.148. The van der Waals surface area contributed by atoms with Crippen LogP contribution in [0.25, 0.3) is 0 Å². The monoisotopic (exact) mass is 534 g/mol. The average Bonchev–Trinajstić information content (AvgIpc) is 2.86. The van der Waals surface area contributed by atoms with Gasteiger partial charge in [-0.2, -0.15) is 0 Å². The Bertz CT molecular complexity index is 888. The second-order valence-corrected chi connectivity index (χ2v) is 10.7. The van der Waals surface area contributed by atoms with Crippen molar-refractivity contribution in [1.82, 2.24) is 10.6 Å². The number of allylic oxidation sites excluding steroid dienone is 1. The Balaban J connectivity index is 3.21. The van der Waals surface area contributed by atoms with Crippen LogP contribution in [0.1, 0.15) is 71.8 Å². The van der Waals surface area contributed by atoms with Gasteiger partial charge in [0.25, 0.3) is 0 Å². The van der Waals surface area contributed by atoms with E-state index >= 15 is 0 Å². The number of carboxylic acid groups (broad SMARTS) is 1. The largest absolute Gasteiger partial charge is 0.481 e. The number of nitrogens with one attached hydrogen (secondary N) is 2. The number of rotatable bonds is 17. The maximum atomic E-state index is 13.6. The van der Waals surface area contributed by atoms with E-state index in [0.29, 0.717) is 12.8 Å². The molecule has 0 aliphatic heterocycles. The van der Waals surface area contributed by atoms with Gasteiger partial charge in [-0.15, -0.1) is 0 Å². The van der Waals surface area contributed by atoms with Gasteiger partial charge in [0, 0.05) is 12.5 Å². The Morgan fingerprint density at radius 1 is 0.947 bits per heavy atom. The van der Waals surface area contributed by atoms with Gasteiger partial charge in [0.05, 0.1) is 24.2 Å². The first-order chi connectivity index (χ1) is 17.9. The minimum absolute atomic E-state index is 0.00382. The van der Waals surface area contributed by atoms with Crippen molar-refractivity contribution in [3.8, 4) is 0 Å². The van der Waals surface area contributed by atoms with Crippen molar-refractivity contribution < 1.29 is 34.8 Å². The van der Waals surface area contributed by atoms with E-state index in [1.165, 1.54) is 6.08 Å². The van der Waals surface area contributed by atoms with Crippen LogP contribution in [-0.4, -0.2) is 69.1 Å². The number of hydrogen-bond donors (Lipinski definition) is 6. The molecule has 1 rings (SSSR count). The highest BCUT2D eigenvalue weighted by Crippen LogP contribution is 2.23. The SMILES string of the molecule is CC(C)C[C@@H](NC(=O)[C@@H](NC(=O)/C=C/C[C@@H](C)CO)[C@@H](C)c1ccccc1)[C@@H](O)[C@H](CC[C@@H](C)O)C(=O)O. The maximum Gasteiger partial charge on any atom is 0.309 e. The average molecular weight is 535 g/mol. The van der Waals surface area contributed by atoms with E-state index in [1.807, 2.05) is 58.0 Å². The van der Waals surface area contributed by atoms with Crippen molar-refractivity contribution in [2.24, 2.45) is 17.8 Å². The topological polar surface area (TPSA) is 156 Å². The summed E-state index contributed by atoms with van der Waals surface area (Å²) in [7, 11) is 0.